The molecule has 1 unspecified atom stereocenters. The average Bonchev–Trinajstić information content (AvgIpc) is 2.44. The molecule has 0 aliphatic rings. The molecule has 0 aliphatic heterocycles. The van der Waals surface area contributed by atoms with Crippen molar-refractivity contribution in [3.8, 4) is 0 Å². The first kappa shape index (κ1) is 18.6. The van der Waals surface area contributed by atoms with E-state index in [1.165, 1.54) is 6.07 Å². The summed E-state index contributed by atoms with van der Waals surface area (Å²) in [6, 6.07) is 5.21. The van der Waals surface area contributed by atoms with E-state index in [1.54, 1.807) is 12.1 Å². The molecular weight excluding hydrogens is 331 g/mol. The predicted octanol–water partition coefficient (Wildman–Crippen LogP) is 4.23. The Morgan fingerprint density at radius 2 is 1.86 bits per heavy atom. The molecule has 0 saturated carbocycles. The Hall–Kier alpha value is -0.450. The number of nitrogens with zero attached hydrogens (tertiary/aromatic N) is 1. The highest BCUT2D eigenvalue weighted by Crippen LogP contribution is 2.30. The lowest BCUT2D eigenvalue weighted by atomic mass is 9.80. The molecule has 0 radical (unpaired) electrons. The summed E-state index contributed by atoms with van der Waals surface area (Å²) < 4.78 is 14.5. The number of halogens is 2. The molecule has 0 heterocycles. The first-order valence-electron chi connectivity index (χ1n) is 7.76. The van der Waals surface area contributed by atoms with Gasteiger partial charge in [0.2, 0.25) is 0 Å². The maximum absolute atomic E-state index is 13.6. The van der Waals surface area contributed by atoms with E-state index in [0.717, 1.165) is 35.8 Å². The number of likely N-dealkylation sites (N-methyl/N-ethyl adjacent to an activating group) is 2. The van der Waals surface area contributed by atoms with E-state index >= 15 is 0 Å². The van der Waals surface area contributed by atoms with Crippen molar-refractivity contribution in [1.29, 1.82) is 0 Å². The van der Waals surface area contributed by atoms with Gasteiger partial charge in [-0.1, -0.05) is 36.7 Å². The van der Waals surface area contributed by atoms with Gasteiger partial charge in [0.25, 0.3) is 0 Å². The van der Waals surface area contributed by atoms with Crippen LogP contribution in [0.5, 0.6) is 0 Å². The molecule has 21 heavy (non-hydrogen) atoms. The van der Waals surface area contributed by atoms with Gasteiger partial charge in [0.1, 0.15) is 5.82 Å². The smallest absolute Gasteiger partial charge is 0.123 e. The van der Waals surface area contributed by atoms with Crippen molar-refractivity contribution >= 4 is 15.9 Å². The summed E-state index contributed by atoms with van der Waals surface area (Å²) in [5.74, 6) is -0.174. The summed E-state index contributed by atoms with van der Waals surface area (Å²) in [7, 11) is 4.27. The maximum atomic E-state index is 13.6. The molecular formula is C17H28BrFN2. The molecule has 2 nitrogen and oxygen atoms in total. The zero-order valence-corrected chi connectivity index (χ0v) is 15.4. The second kappa shape index (κ2) is 8.25. The van der Waals surface area contributed by atoms with Gasteiger partial charge in [0.15, 0.2) is 0 Å². The van der Waals surface area contributed by atoms with Crippen LogP contribution in [0.15, 0.2) is 22.7 Å². The van der Waals surface area contributed by atoms with Gasteiger partial charge >= 0.3 is 0 Å². The molecule has 1 atom stereocenters. The largest absolute Gasteiger partial charge is 0.312 e. The van der Waals surface area contributed by atoms with Crippen molar-refractivity contribution in [3.63, 3.8) is 0 Å². The first-order valence-corrected chi connectivity index (χ1v) is 8.55. The van der Waals surface area contributed by atoms with E-state index in [4.69, 9.17) is 0 Å². The van der Waals surface area contributed by atoms with Crippen LogP contribution in [0, 0.1) is 5.82 Å². The van der Waals surface area contributed by atoms with Crippen LogP contribution in [0.2, 0.25) is 0 Å². The van der Waals surface area contributed by atoms with Crippen LogP contribution in [-0.2, 0) is 6.42 Å². The Balaban J connectivity index is 3.13. The normalized spacial score (nSPS) is 13.7. The standard InChI is InChI=1S/C17H28BrFN2/c1-6-17(7-2,21(4)5)16(20-8-3)12-13-11-14(19)9-10-15(13)18/h9-11,16,20H,6-8,12H2,1-5H3. The predicted molar refractivity (Wildman–Crippen MR) is 92.3 cm³/mol. The molecule has 1 aromatic carbocycles. The SMILES string of the molecule is CCNC(Cc1cc(F)ccc1Br)C(CC)(CC)N(C)C. The molecule has 1 aromatic rings. The van der Waals surface area contributed by atoms with Crippen LogP contribution < -0.4 is 5.32 Å². The molecule has 0 amide bonds. The Morgan fingerprint density at radius 1 is 1.24 bits per heavy atom. The van der Waals surface area contributed by atoms with E-state index in [9.17, 15) is 4.39 Å². The fraction of sp³-hybridized carbons (Fsp3) is 0.647. The van der Waals surface area contributed by atoms with Gasteiger partial charge in [-0.3, -0.25) is 0 Å². The van der Waals surface area contributed by atoms with Crippen molar-refractivity contribution in [2.24, 2.45) is 0 Å². The van der Waals surface area contributed by atoms with Crippen LogP contribution in [0.4, 0.5) is 4.39 Å². The molecule has 1 N–H and O–H groups in total. The van der Waals surface area contributed by atoms with Crippen LogP contribution in [0.3, 0.4) is 0 Å². The molecule has 0 spiro atoms. The number of rotatable bonds is 8. The van der Waals surface area contributed by atoms with E-state index < -0.39 is 0 Å². The van der Waals surface area contributed by atoms with Crippen molar-refractivity contribution < 1.29 is 4.39 Å². The Kier molecular flexibility index (Phi) is 7.31. The molecule has 1 rings (SSSR count). The lowest BCUT2D eigenvalue weighted by Crippen LogP contribution is -2.59. The zero-order chi connectivity index (χ0) is 16.0. The lowest BCUT2D eigenvalue weighted by molar-refractivity contribution is 0.0888. The maximum Gasteiger partial charge on any atom is 0.123 e. The summed E-state index contributed by atoms with van der Waals surface area (Å²) in [4.78, 5) is 2.31. The highest BCUT2D eigenvalue weighted by atomic mass is 79.9. The van der Waals surface area contributed by atoms with Gasteiger partial charge in [-0.25, -0.2) is 4.39 Å². The molecule has 0 fully saturated rings. The van der Waals surface area contributed by atoms with Gasteiger partial charge in [0.05, 0.1) is 0 Å². The monoisotopic (exact) mass is 358 g/mol. The second-order valence-corrected chi connectivity index (χ2v) is 6.61. The van der Waals surface area contributed by atoms with Gasteiger partial charge in [-0.2, -0.15) is 0 Å². The van der Waals surface area contributed by atoms with E-state index in [-0.39, 0.29) is 17.4 Å². The molecule has 0 aromatic heterocycles. The Labute approximate surface area is 137 Å². The second-order valence-electron chi connectivity index (χ2n) is 5.76. The summed E-state index contributed by atoms with van der Waals surface area (Å²) >= 11 is 3.55. The van der Waals surface area contributed by atoms with Crippen LogP contribution in [0.1, 0.15) is 39.2 Å². The molecule has 120 valence electrons. The summed E-state index contributed by atoms with van der Waals surface area (Å²) in [6.45, 7) is 7.50. The highest BCUT2D eigenvalue weighted by Gasteiger charge is 2.37. The minimum absolute atomic E-state index is 0.0712. The van der Waals surface area contributed by atoms with Gasteiger partial charge in [-0.15, -0.1) is 0 Å². The van der Waals surface area contributed by atoms with E-state index in [0.29, 0.717) is 0 Å². The van der Waals surface area contributed by atoms with Crippen LogP contribution in [-0.4, -0.2) is 37.1 Å². The van der Waals surface area contributed by atoms with Crippen molar-refractivity contribution in [3.05, 3.63) is 34.1 Å². The molecule has 0 aliphatic carbocycles. The molecule has 0 saturated heterocycles. The summed E-state index contributed by atoms with van der Waals surface area (Å²) in [5, 5.41) is 3.62. The van der Waals surface area contributed by atoms with Gasteiger partial charge in [-0.05, 0) is 63.7 Å². The zero-order valence-electron chi connectivity index (χ0n) is 13.8. The first-order chi connectivity index (χ1) is 9.91. The summed E-state index contributed by atoms with van der Waals surface area (Å²) in [6.07, 6.45) is 2.92. The minimum Gasteiger partial charge on any atom is -0.312 e. The third kappa shape index (κ3) is 4.27. The fourth-order valence-electron chi connectivity index (χ4n) is 3.31. The van der Waals surface area contributed by atoms with Gasteiger partial charge < -0.3 is 10.2 Å². The highest BCUT2D eigenvalue weighted by molar-refractivity contribution is 9.10. The fourth-order valence-corrected chi connectivity index (χ4v) is 3.71. The number of hydrogen-bond donors (Lipinski definition) is 1. The number of nitrogens with one attached hydrogen (secondary N) is 1. The van der Waals surface area contributed by atoms with Crippen LogP contribution >= 0.6 is 15.9 Å². The van der Waals surface area contributed by atoms with Crippen molar-refractivity contribution in [2.45, 2.75) is 51.6 Å². The van der Waals surface area contributed by atoms with Gasteiger partial charge in [0, 0.05) is 16.1 Å². The third-order valence-electron chi connectivity index (χ3n) is 4.65. The summed E-state index contributed by atoms with van der Waals surface area (Å²) in [5.41, 5.74) is 1.09. The number of hydrogen-bond acceptors (Lipinski definition) is 2. The Bertz CT molecular complexity index is 444. The molecule has 0 bridgehead atoms. The van der Waals surface area contributed by atoms with E-state index in [1.807, 2.05) is 0 Å². The lowest BCUT2D eigenvalue weighted by Gasteiger charge is -2.46. The number of benzene rings is 1. The average molecular weight is 359 g/mol. The third-order valence-corrected chi connectivity index (χ3v) is 5.42. The van der Waals surface area contributed by atoms with Crippen molar-refractivity contribution in [2.75, 3.05) is 20.6 Å². The quantitative estimate of drug-likeness (QED) is 0.747. The minimum atomic E-state index is -0.174. The van der Waals surface area contributed by atoms with Crippen LogP contribution in [0.25, 0.3) is 0 Å². The van der Waals surface area contributed by atoms with E-state index in [2.05, 4.69) is 61.0 Å². The molecule has 4 heteroatoms. The topological polar surface area (TPSA) is 15.3 Å². The van der Waals surface area contributed by atoms with Crippen molar-refractivity contribution in [1.82, 2.24) is 10.2 Å². The Morgan fingerprint density at radius 3 is 2.33 bits per heavy atom.